The topological polar surface area (TPSA) is 32.3 Å². The minimum absolute atomic E-state index is 0. The molecule has 2 heterocycles. The van der Waals surface area contributed by atoms with Crippen LogP contribution in [0.5, 0.6) is 0 Å². The van der Waals surface area contributed by atoms with Gasteiger partial charge in [0.15, 0.2) is 0 Å². The van der Waals surface area contributed by atoms with Crippen LogP contribution in [0, 0.1) is 11.8 Å². The standard InChI is InChI=1S/C14H16BrClN2O.ClH/c15-11-1-2-12(13(16)5-11)14(19)18-4-3-9-6-17-7-10(9)8-18;/h1-2,5,9-10,17H,3-4,6-8H2;1H. The van der Waals surface area contributed by atoms with Gasteiger partial charge < -0.3 is 10.2 Å². The van der Waals surface area contributed by atoms with Gasteiger partial charge in [0.25, 0.3) is 5.91 Å². The van der Waals surface area contributed by atoms with Crippen LogP contribution < -0.4 is 5.32 Å². The predicted octanol–water partition coefficient (Wildman–Crippen LogP) is 3.21. The van der Waals surface area contributed by atoms with Gasteiger partial charge in [-0.15, -0.1) is 12.4 Å². The zero-order chi connectivity index (χ0) is 13.4. The van der Waals surface area contributed by atoms with E-state index in [1.165, 1.54) is 0 Å². The Morgan fingerprint density at radius 3 is 2.85 bits per heavy atom. The molecule has 6 heteroatoms. The molecule has 1 amide bonds. The summed E-state index contributed by atoms with van der Waals surface area (Å²) in [6.07, 6.45) is 1.09. The number of carbonyl (C=O) groups is 1. The number of fused-ring (bicyclic) bond motifs is 1. The lowest BCUT2D eigenvalue weighted by Crippen LogP contribution is -2.43. The molecule has 0 spiro atoms. The highest BCUT2D eigenvalue weighted by atomic mass is 79.9. The number of nitrogens with one attached hydrogen (secondary N) is 1. The molecular formula is C14H17BrCl2N2O. The van der Waals surface area contributed by atoms with Crippen LogP contribution in [-0.2, 0) is 0 Å². The number of amides is 1. The van der Waals surface area contributed by atoms with Crippen LogP contribution >= 0.6 is 39.9 Å². The van der Waals surface area contributed by atoms with Crippen molar-refractivity contribution in [2.24, 2.45) is 11.8 Å². The Bertz CT molecular complexity index is 512. The maximum Gasteiger partial charge on any atom is 0.255 e. The van der Waals surface area contributed by atoms with E-state index in [4.69, 9.17) is 11.6 Å². The van der Waals surface area contributed by atoms with Crippen LogP contribution in [0.2, 0.25) is 5.02 Å². The van der Waals surface area contributed by atoms with Crippen molar-refractivity contribution >= 4 is 45.8 Å². The first-order valence-corrected chi connectivity index (χ1v) is 7.77. The number of piperidine rings is 1. The average molecular weight is 380 g/mol. The second-order valence-corrected chi connectivity index (χ2v) is 6.67. The van der Waals surface area contributed by atoms with E-state index in [1.807, 2.05) is 11.0 Å². The predicted molar refractivity (Wildman–Crippen MR) is 86.8 cm³/mol. The number of carbonyl (C=O) groups excluding carboxylic acids is 1. The van der Waals surface area contributed by atoms with E-state index in [2.05, 4.69) is 21.2 Å². The van der Waals surface area contributed by atoms with Crippen molar-refractivity contribution in [1.82, 2.24) is 10.2 Å². The second kappa shape index (κ2) is 6.65. The first-order chi connectivity index (χ1) is 9.15. The molecule has 2 saturated heterocycles. The molecule has 1 aromatic carbocycles. The van der Waals surface area contributed by atoms with Crippen molar-refractivity contribution in [3.63, 3.8) is 0 Å². The van der Waals surface area contributed by atoms with Crippen LogP contribution in [0.25, 0.3) is 0 Å². The second-order valence-electron chi connectivity index (χ2n) is 5.34. The number of rotatable bonds is 1. The van der Waals surface area contributed by atoms with Crippen LogP contribution in [0.15, 0.2) is 22.7 Å². The molecule has 0 aliphatic carbocycles. The van der Waals surface area contributed by atoms with Gasteiger partial charge in [0.2, 0.25) is 0 Å². The number of benzene rings is 1. The van der Waals surface area contributed by atoms with E-state index in [1.54, 1.807) is 12.1 Å². The Labute approximate surface area is 138 Å². The molecule has 0 bridgehead atoms. The van der Waals surface area contributed by atoms with Crippen molar-refractivity contribution in [3.8, 4) is 0 Å². The monoisotopic (exact) mass is 378 g/mol. The van der Waals surface area contributed by atoms with Gasteiger partial charge in [-0.25, -0.2) is 0 Å². The highest BCUT2D eigenvalue weighted by Gasteiger charge is 2.35. The quantitative estimate of drug-likeness (QED) is 0.812. The van der Waals surface area contributed by atoms with E-state index < -0.39 is 0 Å². The third-order valence-electron chi connectivity index (χ3n) is 4.15. The average Bonchev–Trinajstić information content (AvgIpc) is 2.85. The first-order valence-electron chi connectivity index (χ1n) is 6.60. The lowest BCUT2D eigenvalue weighted by atomic mass is 9.88. The molecule has 0 aromatic heterocycles. The third kappa shape index (κ3) is 3.14. The molecule has 2 fully saturated rings. The van der Waals surface area contributed by atoms with Gasteiger partial charge in [0, 0.05) is 17.6 Å². The van der Waals surface area contributed by atoms with E-state index >= 15 is 0 Å². The molecule has 2 aliphatic rings. The largest absolute Gasteiger partial charge is 0.338 e. The van der Waals surface area contributed by atoms with E-state index in [9.17, 15) is 4.79 Å². The van der Waals surface area contributed by atoms with Crippen LogP contribution in [0.3, 0.4) is 0 Å². The van der Waals surface area contributed by atoms with Crippen molar-refractivity contribution in [3.05, 3.63) is 33.3 Å². The number of likely N-dealkylation sites (tertiary alicyclic amines) is 1. The zero-order valence-electron chi connectivity index (χ0n) is 10.9. The minimum atomic E-state index is 0. The summed E-state index contributed by atoms with van der Waals surface area (Å²) in [6.45, 7) is 3.82. The molecule has 0 radical (unpaired) electrons. The van der Waals surface area contributed by atoms with Crippen molar-refractivity contribution < 1.29 is 4.79 Å². The van der Waals surface area contributed by atoms with Gasteiger partial charge in [-0.3, -0.25) is 4.79 Å². The summed E-state index contributed by atoms with van der Waals surface area (Å²) in [5.41, 5.74) is 0.606. The molecule has 110 valence electrons. The zero-order valence-corrected chi connectivity index (χ0v) is 14.1. The van der Waals surface area contributed by atoms with Gasteiger partial charge in [-0.1, -0.05) is 27.5 Å². The van der Waals surface area contributed by atoms with Crippen LogP contribution in [0.4, 0.5) is 0 Å². The smallest absolute Gasteiger partial charge is 0.255 e. The molecule has 1 aromatic rings. The molecule has 20 heavy (non-hydrogen) atoms. The lowest BCUT2D eigenvalue weighted by molar-refractivity contribution is 0.0642. The summed E-state index contributed by atoms with van der Waals surface area (Å²) in [6, 6.07) is 5.44. The fourth-order valence-electron chi connectivity index (χ4n) is 3.05. The number of hydrogen-bond acceptors (Lipinski definition) is 2. The van der Waals surface area contributed by atoms with Gasteiger partial charge in [0.05, 0.1) is 10.6 Å². The third-order valence-corrected chi connectivity index (χ3v) is 4.96. The van der Waals surface area contributed by atoms with Gasteiger partial charge >= 0.3 is 0 Å². The highest BCUT2D eigenvalue weighted by molar-refractivity contribution is 9.10. The molecule has 2 unspecified atom stereocenters. The van der Waals surface area contributed by atoms with Crippen LogP contribution in [-0.4, -0.2) is 37.0 Å². The van der Waals surface area contributed by atoms with Crippen LogP contribution in [0.1, 0.15) is 16.8 Å². The number of halogens is 3. The lowest BCUT2D eigenvalue weighted by Gasteiger charge is -2.34. The summed E-state index contributed by atoms with van der Waals surface area (Å²) in [5, 5.41) is 3.93. The summed E-state index contributed by atoms with van der Waals surface area (Å²) in [5.74, 6) is 1.40. The van der Waals surface area contributed by atoms with Gasteiger partial charge in [-0.2, -0.15) is 0 Å². The molecule has 1 N–H and O–H groups in total. The fraction of sp³-hybridized carbons (Fsp3) is 0.500. The summed E-state index contributed by atoms with van der Waals surface area (Å²) in [7, 11) is 0. The Morgan fingerprint density at radius 1 is 1.35 bits per heavy atom. The molecule has 3 nitrogen and oxygen atoms in total. The fourth-order valence-corrected chi connectivity index (χ4v) is 3.81. The van der Waals surface area contributed by atoms with Crippen molar-refractivity contribution in [1.29, 1.82) is 0 Å². The molecule has 2 aliphatic heterocycles. The summed E-state index contributed by atoms with van der Waals surface area (Å²) in [4.78, 5) is 14.5. The van der Waals surface area contributed by atoms with Gasteiger partial charge in [0.1, 0.15) is 0 Å². The summed E-state index contributed by atoms with van der Waals surface area (Å²) >= 11 is 9.53. The molecular weight excluding hydrogens is 363 g/mol. The van der Waals surface area contributed by atoms with E-state index in [-0.39, 0.29) is 18.3 Å². The summed E-state index contributed by atoms with van der Waals surface area (Å²) < 4.78 is 0.896. The van der Waals surface area contributed by atoms with E-state index in [0.29, 0.717) is 16.5 Å². The Morgan fingerprint density at radius 2 is 2.10 bits per heavy atom. The van der Waals surface area contributed by atoms with Crippen molar-refractivity contribution in [2.45, 2.75) is 6.42 Å². The normalized spacial score (nSPS) is 25.0. The van der Waals surface area contributed by atoms with Gasteiger partial charge in [-0.05, 0) is 49.5 Å². The maximum atomic E-state index is 12.5. The highest BCUT2D eigenvalue weighted by Crippen LogP contribution is 2.29. The molecule has 2 atom stereocenters. The number of nitrogens with zero attached hydrogens (tertiary/aromatic N) is 1. The Kier molecular flexibility index (Phi) is 5.35. The maximum absolute atomic E-state index is 12.5. The minimum Gasteiger partial charge on any atom is -0.338 e. The Balaban J connectivity index is 0.00000147. The van der Waals surface area contributed by atoms with E-state index in [0.717, 1.165) is 43.0 Å². The number of hydrogen-bond donors (Lipinski definition) is 1. The SMILES string of the molecule is Cl.O=C(c1ccc(Br)cc1Cl)N1CCC2CNCC2C1. The first kappa shape index (κ1) is 16.1. The molecule has 0 saturated carbocycles. The Hall–Kier alpha value is -0.290. The van der Waals surface area contributed by atoms with Crippen molar-refractivity contribution in [2.75, 3.05) is 26.2 Å². The molecule has 3 rings (SSSR count).